The van der Waals surface area contributed by atoms with Crippen LogP contribution in [0.4, 0.5) is 15.8 Å². The third-order valence-electron chi connectivity index (χ3n) is 4.02. The molecule has 1 saturated heterocycles. The fraction of sp³-hybridized carbons (Fsp3) is 0.300. The number of thioether (sulfide) groups is 1. The molecule has 1 heterocycles. The summed E-state index contributed by atoms with van der Waals surface area (Å²) in [5.41, 5.74) is 2.31. The van der Waals surface area contributed by atoms with Crippen molar-refractivity contribution in [2.75, 3.05) is 16.0 Å². The summed E-state index contributed by atoms with van der Waals surface area (Å²) in [6.07, 6.45) is 0.461. The van der Waals surface area contributed by atoms with Gasteiger partial charge in [-0.15, -0.1) is 11.8 Å². The molecule has 136 valence electrons. The van der Waals surface area contributed by atoms with Crippen molar-refractivity contribution in [2.24, 2.45) is 5.92 Å². The van der Waals surface area contributed by atoms with E-state index < -0.39 is 0 Å². The molecule has 1 aliphatic heterocycles. The van der Waals surface area contributed by atoms with Crippen LogP contribution < -0.4 is 10.2 Å². The summed E-state index contributed by atoms with van der Waals surface area (Å²) in [4.78, 5) is 26.1. The second kappa shape index (κ2) is 7.91. The van der Waals surface area contributed by atoms with Gasteiger partial charge < -0.3 is 5.32 Å². The largest absolute Gasteiger partial charge is 0.326 e. The molecule has 4 nitrogen and oxygen atoms in total. The van der Waals surface area contributed by atoms with Crippen LogP contribution in [0.1, 0.15) is 31.2 Å². The van der Waals surface area contributed by atoms with Gasteiger partial charge in [-0.1, -0.05) is 26.0 Å². The first-order valence-corrected chi connectivity index (χ1v) is 9.58. The first-order chi connectivity index (χ1) is 12.4. The Balaban J connectivity index is 1.83. The van der Waals surface area contributed by atoms with Gasteiger partial charge in [0.05, 0.1) is 5.75 Å². The summed E-state index contributed by atoms with van der Waals surface area (Å²) in [5.74, 6) is 0.282. The lowest BCUT2D eigenvalue weighted by molar-refractivity contribution is -0.117. The molecule has 1 N–H and O–H groups in total. The zero-order valence-corrected chi connectivity index (χ0v) is 15.6. The Labute approximate surface area is 156 Å². The Morgan fingerprint density at radius 2 is 2.00 bits per heavy atom. The second-order valence-electron chi connectivity index (χ2n) is 6.68. The maximum Gasteiger partial charge on any atom is 0.238 e. The highest BCUT2D eigenvalue weighted by Gasteiger charge is 2.34. The van der Waals surface area contributed by atoms with E-state index >= 15 is 0 Å². The Morgan fingerprint density at radius 1 is 1.27 bits per heavy atom. The fourth-order valence-electron chi connectivity index (χ4n) is 2.90. The number of carbonyl (C=O) groups excluding carboxylic acids is 2. The summed E-state index contributed by atoms with van der Waals surface area (Å²) in [7, 11) is 0. The number of anilines is 2. The maximum absolute atomic E-state index is 13.2. The van der Waals surface area contributed by atoms with Crippen molar-refractivity contribution in [3.05, 3.63) is 59.9 Å². The number of benzene rings is 2. The normalized spacial score (nSPS) is 17.0. The van der Waals surface area contributed by atoms with Gasteiger partial charge in [0.1, 0.15) is 11.2 Å². The molecule has 1 fully saturated rings. The number of nitrogens with zero attached hydrogens (tertiary/aromatic N) is 1. The van der Waals surface area contributed by atoms with Gasteiger partial charge >= 0.3 is 0 Å². The summed E-state index contributed by atoms with van der Waals surface area (Å²) in [6, 6.07) is 13.5. The Kier molecular flexibility index (Phi) is 5.61. The number of carbonyl (C=O) groups is 2. The minimum atomic E-state index is -0.334. The Hall–Kier alpha value is -2.34. The summed E-state index contributed by atoms with van der Waals surface area (Å²) in [6.45, 7) is 3.99. The smallest absolute Gasteiger partial charge is 0.238 e. The van der Waals surface area contributed by atoms with Crippen molar-refractivity contribution in [1.82, 2.24) is 0 Å². The molecule has 2 aromatic rings. The van der Waals surface area contributed by atoms with Crippen LogP contribution in [-0.2, 0) is 9.59 Å². The number of hydrogen-bond acceptors (Lipinski definition) is 3. The maximum atomic E-state index is 13.2. The average molecular weight is 372 g/mol. The predicted molar refractivity (Wildman–Crippen MR) is 104 cm³/mol. The minimum Gasteiger partial charge on any atom is -0.326 e. The van der Waals surface area contributed by atoms with Crippen molar-refractivity contribution in [1.29, 1.82) is 0 Å². The third-order valence-corrected chi connectivity index (χ3v) is 5.23. The first kappa shape index (κ1) is 18.5. The molecule has 0 saturated carbocycles. The SMILES string of the molecule is CC(C)CC(=O)Nc1cccc(C2SCC(=O)N2c2ccc(F)cc2)c1. The molecular formula is C20H21FN2O2S. The van der Waals surface area contributed by atoms with Crippen LogP contribution in [0.2, 0.25) is 0 Å². The lowest BCUT2D eigenvalue weighted by Gasteiger charge is -2.24. The zero-order valence-electron chi connectivity index (χ0n) is 14.7. The van der Waals surface area contributed by atoms with Crippen LogP contribution in [0, 0.1) is 11.7 Å². The molecule has 3 rings (SSSR count). The van der Waals surface area contributed by atoms with Crippen LogP contribution in [0.25, 0.3) is 0 Å². The van der Waals surface area contributed by atoms with Gasteiger partial charge in [-0.2, -0.15) is 0 Å². The first-order valence-electron chi connectivity index (χ1n) is 8.53. The van der Waals surface area contributed by atoms with Gasteiger partial charge in [0, 0.05) is 17.8 Å². The van der Waals surface area contributed by atoms with Crippen LogP contribution in [0.5, 0.6) is 0 Å². The number of amides is 2. The predicted octanol–water partition coefficient (Wildman–Crippen LogP) is 4.59. The monoisotopic (exact) mass is 372 g/mol. The summed E-state index contributed by atoms with van der Waals surface area (Å²) in [5, 5.41) is 2.71. The molecule has 0 spiro atoms. The van der Waals surface area contributed by atoms with Crippen LogP contribution in [0.3, 0.4) is 0 Å². The van der Waals surface area contributed by atoms with Gasteiger partial charge in [-0.25, -0.2) is 4.39 Å². The van der Waals surface area contributed by atoms with Gasteiger partial charge in [-0.05, 0) is 47.9 Å². The van der Waals surface area contributed by atoms with Crippen molar-refractivity contribution in [2.45, 2.75) is 25.6 Å². The fourth-order valence-corrected chi connectivity index (χ4v) is 4.07. The Morgan fingerprint density at radius 3 is 2.69 bits per heavy atom. The van der Waals surface area contributed by atoms with Gasteiger partial charge in [-0.3, -0.25) is 14.5 Å². The average Bonchev–Trinajstić information content (AvgIpc) is 2.97. The van der Waals surface area contributed by atoms with Crippen LogP contribution >= 0.6 is 11.8 Å². The van der Waals surface area contributed by atoms with Gasteiger partial charge in [0.15, 0.2) is 0 Å². The number of halogens is 1. The standard InChI is InChI=1S/C20H21FN2O2S/c1-13(2)10-18(24)22-16-5-3-4-14(11-16)20-23(19(25)12-26-20)17-8-6-15(21)7-9-17/h3-9,11,13,20H,10,12H2,1-2H3,(H,22,24). The molecule has 1 unspecified atom stereocenters. The van der Waals surface area contributed by atoms with E-state index in [4.69, 9.17) is 0 Å². The molecule has 2 aromatic carbocycles. The van der Waals surface area contributed by atoms with Crippen molar-refractivity contribution in [3.63, 3.8) is 0 Å². The molecule has 0 aromatic heterocycles. The van der Waals surface area contributed by atoms with E-state index in [1.807, 2.05) is 38.1 Å². The summed E-state index contributed by atoms with van der Waals surface area (Å²) < 4.78 is 13.2. The molecular weight excluding hydrogens is 351 g/mol. The van der Waals surface area contributed by atoms with E-state index in [1.54, 1.807) is 17.0 Å². The summed E-state index contributed by atoms with van der Waals surface area (Å²) >= 11 is 1.52. The van der Waals surface area contributed by atoms with Crippen molar-refractivity contribution in [3.8, 4) is 0 Å². The van der Waals surface area contributed by atoms with Crippen molar-refractivity contribution >= 4 is 35.0 Å². The highest BCUT2D eigenvalue weighted by Crippen LogP contribution is 2.42. The highest BCUT2D eigenvalue weighted by molar-refractivity contribution is 8.00. The van der Waals surface area contributed by atoms with Crippen molar-refractivity contribution < 1.29 is 14.0 Å². The molecule has 2 amide bonds. The van der Waals surface area contributed by atoms with Gasteiger partial charge in [0.2, 0.25) is 11.8 Å². The molecule has 1 atom stereocenters. The third kappa shape index (κ3) is 4.25. The zero-order chi connectivity index (χ0) is 18.7. The molecule has 1 aliphatic rings. The van der Waals surface area contributed by atoms with Crippen LogP contribution in [0.15, 0.2) is 48.5 Å². The van der Waals surface area contributed by atoms with E-state index in [2.05, 4.69) is 5.32 Å². The second-order valence-corrected chi connectivity index (χ2v) is 7.74. The van der Waals surface area contributed by atoms with E-state index in [0.717, 1.165) is 5.56 Å². The molecule has 26 heavy (non-hydrogen) atoms. The lowest BCUT2D eigenvalue weighted by Crippen LogP contribution is -2.27. The number of hydrogen-bond donors (Lipinski definition) is 1. The molecule has 0 bridgehead atoms. The van der Waals surface area contributed by atoms with E-state index in [-0.39, 0.29) is 28.9 Å². The Bertz CT molecular complexity index is 808. The molecule has 0 aliphatic carbocycles. The molecule has 0 radical (unpaired) electrons. The number of nitrogens with one attached hydrogen (secondary N) is 1. The van der Waals surface area contributed by atoms with Crippen LogP contribution in [-0.4, -0.2) is 17.6 Å². The van der Waals surface area contributed by atoms with E-state index in [1.165, 1.54) is 23.9 Å². The minimum absolute atomic E-state index is 0.0131. The molecule has 6 heteroatoms. The lowest BCUT2D eigenvalue weighted by atomic mass is 10.1. The number of rotatable bonds is 5. The van der Waals surface area contributed by atoms with Gasteiger partial charge in [0.25, 0.3) is 0 Å². The van der Waals surface area contributed by atoms with E-state index in [0.29, 0.717) is 23.5 Å². The topological polar surface area (TPSA) is 49.4 Å². The highest BCUT2D eigenvalue weighted by atomic mass is 32.2. The van der Waals surface area contributed by atoms with E-state index in [9.17, 15) is 14.0 Å². The quantitative estimate of drug-likeness (QED) is 0.835.